The highest BCUT2D eigenvalue weighted by Gasteiger charge is 2.22. The highest BCUT2D eigenvalue weighted by Crippen LogP contribution is 2.47. The van der Waals surface area contributed by atoms with Gasteiger partial charge in [0.25, 0.3) is 0 Å². The molecule has 2 nitrogen and oxygen atoms in total. The van der Waals surface area contributed by atoms with E-state index in [0.29, 0.717) is 0 Å². The normalized spacial score (nSPS) is 11.8. The summed E-state index contributed by atoms with van der Waals surface area (Å²) in [7, 11) is 0. The fourth-order valence-corrected chi connectivity index (χ4v) is 9.25. The van der Waals surface area contributed by atoms with Gasteiger partial charge in [-0.05, 0) is 114 Å². The maximum Gasteiger partial charge on any atom is 0.136 e. The molecule has 12 aromatic rings. The molecule has 0 saturated heterocycles. The number of nitrogens with zero attached hydrogens (tertiary/aromatic N) is 1. The van der Waals surface area contributed by atoms with Crippen LogP contribution in [0.4, 0.5) is 17.1 Å². The van der Waals surface area contributed by atoms with Crippen molar-refractivity contribution in [3.63, 3.8) is 0 Å². The molecule has 2 heteroatoms. The monoisotopic (exact) mass is 737 g/mol. The number of hydrogen-bond donors (Lipinski definition) is 0. The van der Waals surface area contributed by atoms with Crippen LogP contribution in [0.15, 0.2) is 217 Å². The third kappa shape index (κ3) is 5.12. The lowest BCUT2D eigenvalue weighted by Gasteiger charge is -2.29. The Morgan fingerprint density at radius 3 is 1.69 bits per heavy atom. The van der Waals surface area contributed by atoms with Crippen LogP contribution in [0.1, 0.15) is 0 Å². The molecule has 1 aromatic heterocycles. The number of rotatable bonds is 5. The molecule has 270 valence electrons. The van der Waals surface area contributed by atoms with E-state index in [2.05, 4.69) is 217 Å². The summed E-state index contributed by atoms with van der Waals surface area (Å²) >= 11 is 0. The Morgan fingerprint density at radius 2 is 0.862 bits per heavy atom. The lowest BCUT2D eigenvalue weighted by atomic mass is 9.95. The van der Waals surface area contributed by atoms with Gasteiger partial charge in [-0.25, -0.2) is 0 Å². The Hall–Kier alpha value is -7.68. The molecule has 0 bridgehead atoms. The molecule has 0 amide bonds. The Kier molecular flexibility index (Phi) is 7.26. The van der Waals surface area contributed by atoms with Gasteiger partial charge in [-0.2, -0.15) is 0 Å². The second kappa shape index (κ2) is 12.9. The number of furan rings is 1. The number of benzene rings is 11. The molecular formula is C56H35NO. The minimum atomic E-state index is 0.883. The summed E-state index contributed by atoms with van der Waals surface area (Å²) in [6.45, 7) is 0. The molecule has 0 aliphatic rings. The van der Waals surface area contributed by atoms with Crippen LogP contribution in [-0.4, -0.2) is 0 Å². The average Bonchev–Trinajstić information content (AvgIpc) is 3.66. The highest BCUT2D eigenvalue weighted by atomic mass is 16.3. The van der Waals surface area contributed by atoms with E-state index in [-0.39, 0.29) is 0 Å². The maximum absolute atomic E-state index is 6.58. The van der Waals surface area contributed by atoms with Crippen molar-refractivity contribution in [2.45, 2.75) is 0 Å². The van der Waals surface area contributed by atoms with Gasteiger partial charge >= 0.3 is 0 Å². The molecule has 0 aliphatic heterocycles. The first-order chi connectivity index (χ1) is 28.7. The van der Waals surface area contributed by atoms with Crippen LogP contribution in [0.25, 0.3) is 98.1 Å². The van der Waals surface area contributed by atoms with Crippen LogP contribution in [0, 0.1) is 0 Å². The lowest BCUT2D eigenvalue weighted by Crippen LogP contribution is -2.11. The van der Waals surface area contributed by atoms with Crippen LogP contribution < -0.4 is 4.90 Å². The third-order valence-corrected chi connectivity index (χ3v) is 12.0. The minimum absolute atomic E-state index is 0.883. The topological polar surface area (TPSA) is 16.4 Å². The second-order valence-corrected chi connectivity index (χ2v) is 15.3. The molecule has 0 fully saturated rings. The first-order valence-electron chi connectivity index (χ1n) is 19.9. The Bertz CT molecular complexity index is 3580. The van der Waals surface area contributed by atoms with Gasteiger partial charge in [0.15, 0.2) is 0 Å². The van der Waals surface area contributed by atoms with E-state index in [1.807, 2.05) is 0 Å². The smallest absolute Gasteiger partial charge is 0.136 e. The molecule has 58 heavy (non-hydrogen) atoms. The van der Waals surface area contributed by atoms with Crippen LogP contribution in [-0.2, 0) is 0 Å². The van der Waals surface area contributed by atoms with Crippen LogP contribution in [0.5, 0.6) is 0 Å². The summed E-state index contributed by atoms with van der Waals surface area (Å²) < 4.78 is 6.58. The van der Waals surface area contributed by atoms with Crippen molar-refractivity contribution in [3.05, 3.63) is 212 Å². The number of fused-ring (bicyclic) bond motifs is 10. The zero-order chi connectivity index (χ0) is 38.2. The number of para-hydroxylation sites is 1. The van der Waals surface area contributed by atoms with Gasteiger partial charge in [0.2, 0.25) is 0 Å². The van der Waals surface area contributed by atoms with Crippen molar-refractivity contribution in [1.29, 1.82) is 0 Å². The fraction of sp³-hybridized carbons (Fsp3) is 0. The molecule has 0 radical (unpaired) electrons. The molecule has 12 rings (SSSR count). The van der Waals surface area contributed by atoms with E-state index in [1.165, 1.54) is 65.0 Å². The van der Waals surface area contributed by atoms with Crippen molar-refractivity contribution in [3.8, 4) is 22.3 Å². The number of anilines is 3. The largest absolute Gasteiger partial charge is 0.456 e. The van der Waals surface area contributed by atoms with Crippen molar-refractivity contribution >= 4 is 92.9 Å². The molecule has 0 spiro atoms. The fourth-order valence-electron chi connectivity index (χ4n) is 9.25. The zero-order valence-electron chi connectivity index (χ0n) is 31.6. The maximum atomic E-state index is 6.58. The molecule has 11 aromatic carbocycles. The van der Waals surface area contributed by atoms with Gasteiger partial charge < -0.3 is 9.32 Å². The van der Waals surface area contributed by atoms with Crippen molar-refractivity contribution < 1.29 is 4.42 Å². The van der Waals surface area contributed by atoms with E-state index < -0.39 is 0 Å². The first kappa shape index (κ1) is 32.6. The van der Waals surface area contributed by atoms with Crippen LogP contribution in [0.2, 0.25) is 0 Å². The zero-order valence-corrected chi connectivity index (χ0v) is 31.6. The van der Waals surface area contributed by atoms with Crippen molar-refractivity contribution in [2.24, 2.45) is 0 Å². The van der Waals surface area contributed by atoms with Gasteiger partial charge in [-0.3, -0.25) is 0 Å². The first-order valence-corrected chi connectivity index (χ1v) is 19.9. The molecular weight excluding hydrogens is 703 g/mol. The molecule has 0 aliphatic carbocycles. The summed E-state index contributed by atoms with van der Waals surface area (Å²) in [5.74, 6) is 0. The Balaban J connectivity index is 1.06. The lowest BCUT2D eigenvalue weighted by molar-refractivity contribution is 0.669. The van der Waals surface area contributed by atoms with Crippen LogP contribution in [0.3, 0.4) is 0 Å². The van der Waals surface area contributed by atoms with Crippen molar-refractivity contribution in [1.82, 2.24) is 0 Å². The van der Waals surface area contributed by atoms with Gasteiger partial charge in [0.05, 0.1) is 11.4 Å². The summed E-state index contributed by atoms with van der Waals surface area (Å²) in [4.78, 5) is 2.44. The second-order valence-electron chi connectivity index (χ2n) is 15.3. The van der Waals surface area contributed by atoms with Gasteiger partial charge in [0.1, 0.15) is 11.2 Å². The molecule has 0 atom stereocenters. The summed E-state index contributed by atoms with van der Waals surface area (Å²) in [5.41, 5.74) is 9.72. The van der Waals surface area contributed by atoms with Gasteiger partial charge in [-0.1, -0.05) is 164 Å². The van der Waals surface area contributed by atoms with Gasteiger partial charge in [-0.15, -0.1) is 0 Å². The molecule has 0 unspecified atom stereocenters. The van der Waals surface area contributed by atoms with Gasteiger partial charge in [0, 0.05) is 27.4 Å². The Morgan fingerprint density at radius 1 is 0.293 bits per heavy atom. The van der Waals surface area contributed by atoms with Crippen LogP contribution >= 0.6 is 0 Å². The summed E-state index contributed by atoms with van der Waals surface area (Å²) in [6, 6.07) is 77.2. The van der Waals surface area contributed by atoms with E-state index in [4.69, 9.17) is 4.42 Å². The third-order valence-electron chi connectivity index (χ3n) is 12.0. The predicted molar refractivity (Wildman–Crippen MR) is 247 cm³/mol. The quantitative estimate of drug-likeness (QED) is 0.164. The van der Waals surface area contributed by atoms with E-state index >= 15 is 0 Å². The SMILES string of the molecule is c1ccc(N(c2ccc(-c3ccc4c(ccc5ccccc54)c3)cc2)c2cccc3c2ccc2ccccc23)c(-c2cccc3oc4cc5ccccc5cc4c23)c1. The van der Waals surface area contributed by atoms with E-state index in [1.54, 1.807) is 0 Å². The summed E-state index contributed by atoms with van der Waals surface area (Å²) in [5, 5.41) is 14.6. The Labute approximate surface area is 335 Å². The molecule has 0 N–H and O–H groups in total. The highest BCUT2D eigenvalue weighted by molar-refractivity contribution is 6.18. The standard InChI is InChI=1S/C56H35NO/c1-2-14-40-35-55-51(34-39(40)13-1)56-50(19-10-22-54(56)58-55)48-17-7-8-20-52(48)57(53-21-9-18-47-45-16-6-4-12-38(45)27-32-49(47)53)43-29-25-36(26-30-43)41-28-31-46-42(33-41)24-23-37-11-3-5-15-44(37)46/h1-35H. The molecule has 0 saturated carbocycles. The number of hydrogen-bond acceptors (Lipinski definition) is 2. The van der Waals surface area contributed by atoms with E-state index in [0.717, 1.165) is 50.1 Å². The van der Waals surface area contributed by atoms with E-state index in [9.17, 15) is 0 Å². The predicted octanol–water partition coefficient (Wildman–Crippen LogP) is 16.2. The summed E-state index contributed by atoms with van der Waals surface area (Å²) in [6.07, 6.45) is 0. The average molecular weight is 738 g/mol. The molecule has 1 heterocycles. The minimum Gasteiger partial charge on any atom is -0.456 e. The van der Waals surface area contributed by atoms with Crippen molar-refractivity contribution in [2.75, 3.05) is 4.90 Å².